The molecule has 0 aliphatic rings. The van der Waals surface area contributed by atoms with E-state index < -0.39 is 0 Å². The normalized spacial score (nSPS) is 12.2. The van der Waals surface area contributed by atoms with Gasteiger partial charge in [0.25, 0.3) is 0 Å². The van der Waals surface area contributed by atoms with Crippen molar-refractivity contribution in [1.82, 2.24) is 4.90 Å². The van der Waals surface area contributed by atoms with Crippen molar-refractivity contribution < 1.29 is 0 Å². The molecule has 0 spiro atoms. The van der Waals surface area contributed by atoms with Crippen LogP contribution in [0.25, 0.3) is 0 Å². The van der Waals surface area contributed by atoms with E-state index in [-0.39, 0.29) is 0 Å². The highest BCUT2D eigenvalue weighted by Gasteiger charge is 2.13. The lowest BCUT2D eigenvalue weighted by atomic mass is 9.99. The van der Waals surface area contributed by atoms with Crippen LogP contribution in [0.2, 0.25) is 0 Å². The average molecular weight is 265 g/mol. The Hall–Kier alpha value is -1.08. The number of hydrogen-bond donors (Lipinski definition) is 0. The Bertz CT molecular complexity index is 271. The summed E-state index contributed by atoms with van der Waals surface area (Å²) in [4.78, 5) is 2.28. The van der Waals surface area contributed by atoms with E-state index in [0.29, 0.717) is 6.04 Å². The van der Waals surface area contributed by atoms with Crippen LogP contribution in [0.5, 0.6) is 0 Å². The monoisotopic (exact) mass is 265 g/mol. The highest BCUT2D eigenvalue weighted by Crippen LogP contribution is 2.17. The second-order valence-electron chi connectivity index (χ2n) is 3.63. The van der Waals surface area contributed by atoms with Gasteiger partial charge in [-0.1, -0.05) is 72.1 Å². The Morgan fingerprint density at radius 3 is 2.00 bits per heavy atom. The number of allylic oxidation sites excluding steroid dienone is 4. The van der Waals surface area contributed by atoms with Gasteiger partial charge in [0, 0.05) is 6.04 Å². The zero-order valence-corrected chi connectivity index (χ0v) is 14.5. The minimum absolute atomic E-state index is 0.372. The van der Waals surface area contributed by atoms with Gasteiger partial charge in [-0.25, -0.2) is 0 Å². The zero-order chi connectivity index (χ0) is 15.8. The summed E-state index contributed by atoms with van der Waals surface area (Å²) in [6.07, 6.45) is 8.00. The van der Waals surface area contributed by atoms with E-state index >= 15 is 0 Å². The third-order valence-corrected chi connectivity index (χ3v) is 2.70. The van der Waals surface area contributed by atoms with Gasteiger partial charge in [0.2, 0.25) is 0 Å². The first-order valence-electron chi connectivity index (χ1n) is 7.43. The second-order valence-corrected chi connectivity index (χ2v) is 3.63. The van der Waals surface area contributed by atoms with Crippen molar-refractivity contribution in [2.24, 2.45) is 0 Å². The molecule has 0 rings (SSSR count). The van der Waals surface area contributed by atoms with Crippen molar-refractivity contribution in [3.8, 4) is 0 Å². The van der Waals surface area contributed by atoms with Gasteiger partial charge in [-0.15, -0.1) is 0 Å². The summed E-state index contributed by atoms with van der Waals surface area (Å²) in [5.74, 6) is 0. The molecular weight excluding hydrogens is 230 g/mol. The van der Waals surface area contributed by atoms with Crippen LogP contribution in [-0.4, -0.2) is 24.5 Å². The van der Waals surface area contributed by atoms with E-state index in [0.717, 1.165) is 12.1 Å². The van der Waals surface area contributed by atoms with E-state index in [9.17, 15) is 0 Å². The Kier molecular flexibility index (Phi) is 20.5. The van der Waals surface area contributed by atoms with Gasteiger partial charge in [-0.05, 0) is 38.6 Å². The minimum atomic E-state index is 0.372. The molecule has 0 aromatic carbocycles. The van der Waals surface area contributed by atoms with Gasteiger partial charge in [0.1, 0.15) is 0 Å². The summed E-state index contributed by atoms with van der Waals surface area (Å²) < 4.78 is 0. The van der Waals surface area contributed by atoms with E-state index in [1.165, 1.54) is 5.57 Å². The molecule has 112 valence electrons. The second kappa shape index (κ2) is 16.9. The molecule has 0 aromatic heterocycles. The summed E-state index contributed by atoms with van der Waals surface area (Å²) in [6.45, 7) is 23.2. The van der Waals surface area contributed by atoms with E-state index in [1.807, 2.05) is 52.8 Å². The Balaban J connectivity index is -0.000000579. The fourth-order valence-corrected chi connectivity index (χ4v) is 1.34. The first-order chi connectivity index (χ1) is 9.08. The Labute approximate surface area is 122 Å². The lowest BCUT2D eigenvalue weighted by Crippen LogP contribution is -2.30. The highest BCUT2D eigenvalue weighted by molar-refractivity contribution is 5.41. The summed E-state index contributed by atoms with van der Waals surface area (Å²) in [7, 11) is 2.12. The molecule has 0 bridgehead atoms. The van der Waals surface area contributed by atoms with Gasteiger partial charge >= 0.3 is 0 Å². The fourth-order valence-electron chi connectivity index (χ4n) is 1.34. The molecule has 0 aromatic rings. The molecular formula is C18H35N. The van der Waals surface area contributed by atoms with Crippen LogP contribution in [0, 0.1) is 0 Å². The van der Waals surface area contributed by atoms with Gasteiger partial charge < -0.3 is 0 Å². The van der Waals surface area contributed by atoms with Gasteiger partial charge in [-0.2, -0.15) is 0 Å². The molecule has 0 radical (unpaired) electrons. The largest absolute Gasteiger partial charge is 0.300 e. The molecule has 19 heavy (non-hydrogen) atoms. The first kappa shape index (κ1) is 23.0. The molecule has 1 nitrogen and oxygen atoms in total. The van der Waals surface area contributed by atoms with Crippen LogP contribution >= 0.6 is 0 Å². The van der Waals surface area contributed by atoms with Crippen LogP contribution in [0.3, 0.4) is 0 Å². The fraction of sp³-hybridized carbons (Fsp3) is 0.556. The van der Waals surface area contributed by atoms with Crippen LogP contribution in [0.4, 0.5) is 0 Å². The molecule has 0 heterocycles. The van der Waals surface area contributed by atoms with Crippen LogP contribution in [-0.2, 0) is 0 Å². The molecule has 0 saturated heterocycles. The van der Waals surface area contributed by atoms with Crippen molar-refractivity contribution in [3.05, 3.63) is 48.6 Å². The Morgan fingerprint density at radius 2 is 1.68 bits per heavy atom. The SMILES string of the molecule is C=CC(=C)/C(=C\C=C/C)C(C)N(C)CC.CC.CC. The van der Waals surface area contributed by atoms with Gasteiger partial charge in [0.15, 0.2) is 0 Å². The van der Waals surface area contributed by atoms with Crippen LogP contribution < -0.4 is 0 Å². The summed E-state index contributed by atoms with van der Waals surface area (Å²) in [5, 5.41) is 0. The molecule has 0 amide bonds. The topological polar surface area (TPSA) is 3.24 Å². The summed E-state index contributed by atoms with van der Waals surface area (Å²) in [6, 6.07) is 0.372. The quantitative estimate of drug-likeness (QED) is 0.563. The lowest BCUT2D eigenvalue weighted by Gasteiger charge is -2.26. The zero-order valence-electron chi connectivity index (χ0n) is 14.5. The van der Waals surface area contributed by atoms with Crippen molar-refractivity contribution in [2.75, 3.05) is 13.6 Å². The van der Waals surface area contributed by atoms with Crippen molar-refractivity contribution in [2.45, 2.75) is 54.5 Å². The Morgan fingerprint density at radius 1 is 1.21 bits per heavy atom. The number of likely N-dealkylation sites (N-methyl/N-ethyl adjacent to an activating group) is 1. The van der Waals surface area contributed by atoms with Crippen LogP contribution in [0.1, 0.15) is 48.5 Å². The van der Waals surface area contributed by atoms with Crippen molar-refractivity contribution >= 4 is 0 Å². The summed E-state index contributed by atoms with van der Waals surface area (Å²) >= 11 is 0. The third kappa shape index (κ3) is 10.5. The van der Waals surface area contributed by atoms with Gasteiger partial charge in [0.05, 0.1) is 0 Å². The van der Waals surface area contributed by atoms with E-state index in [1.54, 1.807) is 0 Å². The average Bonchev–Trinajstić information content (AvgIpc) is 2.50. The molecule has 0 saturated carbocycles. The van der Waals surface area contributed by atoms with E-state index in [2.05, 4.69) is 45.0 Å². The maximum Gasteiger partial charge on any atom is 0.0322 e. The van der Waals surface area contributed by atoms with Crippen molar-refractivity contribution in [3.63, 3.8) is 0 Å². The lowest BCUT2D eigenvalue weighted by molar-refractivity contribution is 0.305. The van der Waals surface area contributed by atoms with Crippen molar-refractivity contribution in [1.29, 1.82) is 0 Å². The molecule has 0 N–H and O–H groups in total. The number of rotatable bonds is 6. The predicted octanol–water partition coefficient (Wildman–Crippen LogP) is 5.62. The standard InChI is InChI=1S/C14H23N.2C2H6/c1-7-10-11-14(12(4)8-2)13(5)15(6)9-3;2*1-2/h7-8,10-11,13H,2,4,9H2,1,3,5-6H3;2*1-2H3/b10-7-,14-11+;;. The summed E-state index contributed by atoms with van der Waals surface area (Å²) in [5.41, 5.74) is 2.23. The number of nitrogens with zero attached hydrogens (tertiary/aromatic N) is 1. The molecule has 1 atom stereocenters. The van der Waals surface area contributed by atoms with Crippen LogP contribution in [0.15, 0.2) is 48.6 Å². The maximum atomic E-state index is 4.02. The first-order valence-corrected chi connectivity index (χ1v) is 7.43. The molecule has 1 unspecified atom stereocenters. The molecule has 0 aliphatic heterocycles. The third-order valence-electron chi connectivity index (χ3n) is 2.70. The van der Waals surface area contributed by atoms with E-state index in [4.69, 9.17) is 0 Å². The molecule has 1 heteroatoms. The number of hydrogen-bond acceptors (Lipinski definition) is 1. The molecule has 0 fully saturated rings. The predicted molar refractivity (Wildman–Crippen MR) is 92.7 cm³/mol. The highest BCUT2D eigenvalue weighted by atomic mass is 15.1. The minimum Gasteiger partial charge on any atom is -0.300 e. The molecule has 0 aliphatic carbocycles. The smallest absolute Gasteiger partial charge is 0.0322 e. The van der Waals surface area contributed by atoms with Gasteiger partial charge in [-0.3, -0.25) is 4.90 Å². The maximum absolute atomic E-state index is 4.02.